The lowest BCUT2D eigenvalue weighted by atomic mass is 10.0. The third-order valence-corrected chi connectivity index (χ3v) is 2.36. The molecule has 1 aromatic carbocycles. The van der Waals surface area contributed by atoms with E-state index < -0.39 is 17.8 Å². The zero-order valence-corrected chi connectivity index (χ0v) is 9.60. The molecule has 0 amide bonds. The van der Waals surface area contributed by atoms with E-state index in [0.29, 0.717) is 0 Å². The van der Waals surface area contributed by atoms with Gasteiger partial charge in [0.1, 0.15) is 5.82 Å². The first-order valence-corrected chi connectivity index (χ1v) is 5.24. The van der Waals surface area contributed by atoms with Crippen molar-refractivity contribution in [3.05, 3.63) is 35.6 Å². The van der Waals surface area contributed by atoms with Gasteiger partial charge < -0.3 is 5.32 Å². The highest BCUT2D eigenvalue weighted by atomic mass is 19.3. The molecular weight excluding hydrogens is 215 g/mol. The summed E-state index contributed by atoms with van der Waals surface area (Å²) in [5.41, 5.74) is -0.172. The summed E-state index contributed by atoms with van der Waals surface area (Å²) in [4.78, 5) is 0. The molecule has 0 saturated heterocycles. The van der Waals surface area contributed by atoms with Gasteiger partial charge >= 0.3 is 0 Å². The van der Waals surface area contributed by atoms with Crippen LogP contribution < -0.4 is 5.32 Å². The quantitative estimate of drug-likeness (QED) is 0.838. The molecule has 1 unspecified atom stereocenters. The molecule has 1 atom stereocenters. The van der Waals surface area contributed by atoms with Gasteiger partial charge in [-0.1, -0.05) is 26.0 Å². The summed E-state index contributed by atoms with van der Waals surface area (Å²) >= 11 is 0. The molecule has 4 heteroatoms. The van der Waals surface area contributed by atoms with Crippen LogP contribution in [0.15, 0.2) is 24.3 Å². The van der Waals surface area contributed by atoms with Crippen LogP contribution in [0.2, 0.25) is 0 Å². The van der Waals surface area contributed by atoms with E-state index in [2.05, 4.69) is 5.32 Å². The van der Waals surface area contributed by atoms with Gasteiger partial charge in [-0.2, -0.15) is 8.78 Å². The Morgan fingerprint density at radius 3 is 2.00 bits per heavy atom. The second kappa shape index (κ2) is 4.87. The Balaban J connectivity index is 2.87. The maximum atomic E-state index is 13.9. The summed E-state index contributed by atoms with van der Waals surface area (Å²) in [7, 11) is 0. The SMILES string of the molecule is CC(C)NC(C)C(F)(F)c1ccc(F)cc1. The number of halogens is 3. The van der Waals surface area contributed by atoms with Crippen molar-refractivity contribution in [1.82, 2.24) is 5.32 Å². The van der Waals surface area contributed by atoms with Crippen LogP contribution >= 0.6 is 0 Å². The standard InChI is InChI=1S/C12H16F3N/c1-8(2)16-9(3)12(14,15)10-4-6-11(13)7-5-10/h4-9,16H,1-3H3. The molecule has 0 aliphatic rings. The van der Waals surface area contributed by atoms with Gasteiger partial charge in [0.2, 0.25) is 0 Å². The summed E-state index contributed by atoms with van der Waals surface area (Å²) in [6.07, 6.45) is 0. The lowest BCUT2D eigenvalue weighted by Crippen LogP contribution is -2.43. The molecule has 0 aliphatic carbocycles. The fraction of sp³-hybridized carbons (Fsp3) is 0.500. The molecule has 90 valence electrons. The molecule has 0 heterocycles. The third kappa shape index (κ3) is 2.98. The first-order valence-electron chi connectivity index (χ1n) is 5.24. The average molecular weight is 231 g/mol. The Kier molecular flexibility index (Phi) is 3.97. The van der Waals surface area contributed by atoms with Crippen LogP contribution in [0.4, 0.5) is 13.2 Å². The number of rotatable bonds is 4. The van der Waals surface area contributed by atoms with Crippen molar-refractivity contribution >= 4 is 0 Å². The highest BCUT2D eigenvalue weighted by Crippen LogP contribution is 2.31. The van der Waals surface area contributed by atoms with Gasteiger partial charge in [-0.3, -0.25) is 0 Å². The smallest absolute Gasteiger partial charge is 0.287 e. The Labute approximate surface area is 93.7 Å². The minimum Gasteiger partial charge on any atom is -0.306 e. The number of hydrogen-bond acceptors (Lipinski definition) is 1. The van der Waals surface area contributed by atoms with Crippen molar-refractivity contribution in [3.8, 4) is 0 Å². The maximum Gasteiger partial charge on any atom is 0.287 e. The van der Waals surface area contributed by atoms with Gasteiger partial charge in [-0.05, 0) is 19.1 Å². The number of hydrogen-bond donors (Lipinski definition) is 1. The van der Waals surface area contributed by atoms with Crippen molar-refractivity contribution in [1.29, 1.82) is 0 Å². The molecule has 1 nitrogen and oxygen atoms in total. The van der Waals surface area contributed by atoms with Crippen molar-refractivity contribution < 1.29 is 13.2 Å². The molecule has 0 aromatic heterocycles. The second-order valence-corrected chi connectivity index (χ2v) is 4.17. The summed E-state index contributed by atoms with van der Waals surface area (Å²) in [6.45, 7) is 5.03. The Morgan fingerprint density at radius 1 is 1.06 bits per heavy atom. The van der Waals surface area contributed by atoms with Crippen LogP contribution in [0.5, 0.6) is 0 Å². The summed E-state index contributed by atoms with van der Waals surface area (Å²) in [5, 5.41) is 2.75. The number of benzene rings is 1. The van der Waals surface area contributed by atoms with Crippen molar-refractivity contribution in [2.75, 3.05) is 0 Å². The van der Waals surface area contributed by atoms with Crippen LogP contribution in [-0.4, -0.2) is 12.1 Å². The zero-order chi connectivity index (χ0) is 12.3. The van der Waals surface area contributed by atoms with Gasteiger partial charge in [-0.15, -0.1) is 0 Å². The van der Waals surface area contributed by atoms with Gasteiger partial charge in [0, 0.05) is 11.6 Å². The van der Waals surface area contributed by atoms with Crippen molar-refractivity contribution in [3.63, 3.8) is 0 Å². The van der Waals surface area contributed by atoms with Gasteiger partial charge in [0.15, 0.2) is 0 Å². The van der Waals surface area contributed by atoms with E-state index in [9.17, 15) is 13.2 Å². The first-order chi connectivity index (χ1) is 7.34. The van der Waals surface area contributed by atoms with Gasteiger partial charge in [0.05, 0.1) is 6.04 Å². The Hall–Kier alpha value is -1.03. The summed E-state index contributed by atoms with van der Waals surface area (Å²) < 4.78 is 40.3. The molecule has 1 aromatic rings. The molecule has 0 saturated carbocycles. The zero-order valence-electron chi connectivity index (χ0n) is 9.60. The van der Waals surface area contributed by atoms with E-state index in [0.717, 1.165) is 24.3 Å². The largest absolute Gasteiger partial charge is 0.306 e. The molecule has 0 spiro atoms. The van der Waals surface area contributed by atoms with E-state index in [1.165, 1.54) is 6.92 Å². The predicted octanol–water partition coefficient (Wildman–Crippen LogP) is 3.30. The fourth-order valence-corrected chi connectivity index (χ4v) is 1.53. The van der Waals surface area contributed by atoms with E-state index in [-0.39, 0.29) is 11.6 Å². The summed E-state index contributed by atoms with van der Waals surface area (Å²) in [6, 6.07) is 3.32. The van der Waals surface area contributed by atoms with Crippen molar-refractivity contribution in [2.45, 2.75) is 38.8 Å². The van der Waals surface area contributed by atoms with Crippen LogP contribution in [0.3, 0.4) is 0 Å². The normalized spacial score (nSPS) is 14.2. The molecule has 0 bridgehead atoms. The van der Waals surface area contributed by atoms with Crippen LogP contribution in [0.25, 0.3) is 0 Å². The minimum absolute atomic E-state index is 0.0266. The predicted molar refractivity (Wildman–Crippen MR) is 58.0 cm³/mol. The third-order valence-electron chi connectivity index (χ3n) is 2.36. The molecule has 1 N–H and O–H groups in total. The van der Waals surface area contributed by atoms with Crippen LogP contribution in [-0.2, 0) is 5.92 Å². The molecular formula is C12H16F3N. The number of nitrogens with one attached hydrogen (secondary N) is 1. The van der Waals surface area contributed by atoms with Gasteiger partial charge in [-0.25, -0.2) is 4.39 Å². The molecule has 16 heavy (non-hydrogen) atoms. The maximum absolute atomic E-state index is 13.9. The molecule has 1 rings (SSSR count). The lowest BCUT2D eigenvalue weighted by molar-refractivity contribution is -0.0400. The monoisotopic (exact) mass is 231 g/mol. The first kappa shape index (κ1) is 13.0. The van der Waals surface area contributed by atoms with E-state index >= 15 is 0 Å². The van der Waals surface area contributed by atoms with Gasteiger partial charge in [0.25, 0.3) is 5.92 Å². The Bertz CT molecular complexity index is 333. The van der Waals surface area contributed by atoms with E-state index in [1.807, 2.05) is 0 Å². The summed E-state index contributed by atoms with van der Waals surface area (Å²) in [5.74, 6) is -3.51. The van der Waals surface area contributed by atoms with E-state index in [4.69, 9.17) is 0 Å². The minimum atomic E-state index is -3.00. The highest BCUT2D eigenvalue weighted by molar-refractivity contribution is 5.22. The number of alkyl halides is 2. The van der Waals surface area contributed by atoms with Crippen molar-refractivity contribution in [2.24, 2.45) is 0 Å². The van der Waals surface area contributed by atoms with E-state index in [1.54, 1.807) is 13.8 Å². The van der Waals surface area contributed by atoms with Crippen LogP contribution in [0, 0.1) is 5.82 Å². The topological polar surface area (TPSA) is 12.0 Å². The highest BCUT2D eigenvalue weighted by Gasteiger charge is 2.38. The average Bonchev–Trinajstić information content (AvgIpc) is 2.17. The fourth-order valence-electron chi connectivity index (χ4n) is 1.53. The second-order valence-electron chi connectivity index (χ2n) is 4.17. The molecule has 0 fully saturated rings. The lowest BCUT2D eigenvalue weighted by Gasteiger charge is -2.26. The Morgan fingerprint density at radius 2 is 1.56 bits per heavy atom. The van der Waals surface area contributed by atoms with Crippen LogP contribution in [0.1, 0.15) is 26.3 Å². The molecule has 0 aliphatic heterocycles. The molecule has 0 radical (unpaired) electrons.